The second-order valence-electron chi connectivity index (χ2n) is 7.71. The molecule has 0 saturated heterocycles. The topological polar surface area (TPSA) is 168 Å². The Bertz CT molecular complexity index is 1300. The fourth-order valence-electron chi connectivity index (χ4n) is 3.00. The normalized spacial score (nSPS) is 12.6. The standard InChI is InChI=1S/C22H22N4O8S2/c1-11(2)33-22(3,19(32)26(4)21-24-10-15(36-21)18(30)31)34-13-7-5-6-12(8-13)16(27)25-20-23-9-14(35-20)17(28)29/h5-11H,1-4H3,(H,28,29)(H,30,31)(H,23,25,27). The molecule has 0 fully saturated rings. The molecule has 2 aromatic heterocycles. The van der Waals surface area contributed by atoms with Crippen molar-refractivity contribution in [3.8, 4) is 5.75 Å². The van der Waals surface area contributed by atoms with Crippen molar-refractivity contribution in [2.45, 2.75) is 32.7 Å². The lowest BCUT2D eigenvalue weighted by Crippen LogP contribution is -2.53. The van der Waals surface area contributed by atoms with E-state index in [1.807, 2.05) is 0 Å². The number of carboxylic acid groups (broad SMARTS) is 2. The number of ether oxygens (including phenoxy) is 2. The first-order chi connectivity index (χ1) is 16.9. The molecule has 2 amide bonds. The van der Waals surface area contributed by atoms with E-state index in [0.29, 0.717) is 0 Å². The van der Waals surface area contributed by atoms with Crippen LogP contribution in [0.4, 0.5) is 10.3 Å². The van der Waals surface area contributed by atoms with Crippen LogP contribution in [0, 0.1) is 0 Å². The van der Waals surface area contributed by atoms with E-state index in [-0.39, 0.29) is 31.3 Å². The predicted octanol–water partition coefficient (Wildman–Crippen LogP) is 3.43. The summed E-state index contributed by atoms with van der Waals surface area (Å²) in [6, 6.07) is 5.97. The monoisotopic (exact) mass is 534 g/mol. The maximum atomic E-state index is 13.4. The van der Waals surface area contributed by atoms with Gasteiger partial charge in [0.05, 0.1) is 18.5 Å². The van der Waals surface area contributed by atoms with Gasteiger partial charge in [0.25, 0.3) is 11.7 Å². The lowest BCUT2D eigenvalue weighted by Gasteiger charge is -2.33. The van der Waals surface area contributed by atoms with Crippen molar-refractivity contribution < 1.29 is 38.9 Å². The number of rotatable bonds is 10. The quantitative estimate of drug-likeness (QED) is 0.328. The third-order valence-electron chi connectivity index (χ3n) is 4.49. The second-order valence-corrected chi connectivity index (χ2v) is 9.75. The Morgan fingerprint density at radius 2 is 1.69 bits per heavy atom. The van der Waals surface area contributed by atoms with E-state index in [2.05, 4.69) is 15.3 Å². The Kier molecular flexibility index (Phi) is 8.02. The molecule has 0 radical (unpaired) electrons. The van der Waals surface area contributed by atoms with Crippen LogP contribution in [0.25, 0.3) is 0 Å². The van der Waals surface area contributed by atoms with Gasteiger partial charge in [0.15, 0.2) is 10.3 Å². The molecule has 0 saturated carbocycles. The van der Waals surface area contributed by atoms with Gasteiger partial charge >= 0.3 is 17.8 Å². The highest BCUT2D eigenvalue weighted by molar-refractivity contribution is 7.17. The summed E-state index contributed by atoms with van der Waals surface area (Å²) in [4.78, 5) is 57.1. The summed E-state index contributed by atoms with van der Waals surface area (Å²) in [5.74, 6) is -5.24. The van der Waals surface area contributed by atoms with E-state index in [1.54, 1.807) is 19.9 Å². The van der Waals surface area contributed by atoms with Crippen LogP contribution in [0.1, 0.15) is 50.5 Å². The van der Waals surface area contributed by atoms with Crippen LogP contribution >= 0.6 is 22.7 Å². The number of carboxylic acids is 2. The zero-order valence-electron chi connectivity index (χ0n) is 19.5. The number of likely N-dealkylation sites (N-methyl/N-ethyl adjacent to an activating group) is 1. The van der Waals surface area contributed by atoms with Gasteiger partial charge < -0.3 is 19.7 Å². The Morgan fingerprint density at radius 1 is 1.06 bits per heavy atom. The number of aromatic nitrogens is 2. The highest BCUT2D eigenvalue weighted by Crippen LogP contribution is 2.29. The van der Waals surface area contributed by atoms with Gasteiger partial charge in [-0.05, 0) is 32.0 Å². The van der Waals surface area contributed by atoms with E-state index in [4.69, 9.17) is 19.7 Å². The van der Waals surface area contributed by atoms with Crippen molar-refractivity contribution in [2.75, 3.05) is 17.3 Å². The number of benzene rings is 1. The van der Waals surface area contributed by atoms with E-state index in [9.17, 15) is 19.2 Å². The number of aromatic carboxylic acids is 2. The zero-order chi connectivity index (χ0) is 26.6. The molecule has 2 heterocycles. The number of thiazole rings is 2. The van der Waals surface area contributed by atoms with E-state index < -0.39 is 35.6 Å². The molecule has 0 bridgehead atoms. The largest absolute Gasteiger partial charge is 0.477 e. The molecule has 0 aliphatic carbocycles. The van der Waals surface area contributed by atoms with Crippen LogP contribution in [0.2, 0.25) is 0 Å². The molecule has 14 heteroatoms. The first-order valence-electron chi connectivity index (χ1n) is 10.3. The molecule has 0 aliphatic heterocycles. The smallest absolute Gasteiger partial charge is 0.347 e. The summed E-state index contributed by atoms with van der Waals surface area (Å²) in [7, 11) is 1.42. The highest BCUT2D eigenvalue weighted by Gasteiger charge is 2.42. The van der Waals surface area contributed by atoms with Gasteiger partial charge in [0, 0.05) is 19.5 Å². The van der Waals surface area contributed by atoms with Crippen molar-refractivity contribution in [2.24, 2.45) is 0 Å². The maximum absolute atomic E-state index is 13.4. The maximum Gasteiger partial charge on any atom is 0.347 e. The third kappa shape index (κ3) is 6.21. The fraction of sp³-hybridized carbons (Fsp3) is 0.273. The Morgan fingerprint density at radius 3 is 2.28 bits per heavy atom. The van der Waals surface area contributed by atoms with Gasteiger partial charge in [0.1, 0.15) is 15.5 Å². The Balaban J connectivity index is 1.82. The third-order valence-corrected chi connectivity index (χ3v) is 6.45. The summed E-state index contributed by atoms with van der Waals surface area (Å²) < 4.78 is 11.7. The molecule has 3 N–H and O–H groups in total. The van der Waals surface area contributed by atoms with Crippen molar-refractivity contribution in [3.05, 3.63) is 52.0 Å². The van der Waals surface area contributed by atoms with Gasteiger partial charge in [-0.2, -0.15) is 0 Å². The number of hydrogen-bond donors (Lipinski definition) is 3. The fourth-order valence-corrected chi connectivity index (χ4v) is 4.37. The molecule has 0 spiro atoms. The van der Waals surface area contributed by atoms with E-state index in [0.717, 1.165) is 40.0 Å². The molecular formula is C22H22N4O8S2. The minimum absolute atomic E-state index is 0.0256. The summed E-state index contributed by atoms with van der Waals surface area (Å²) in [5.41, 5.74) is 0.165. The van der Waals surface area contributed by atoms with Crippen LogP contribution in [0.5, 0.6) is 5.75 Å². The molecular weight excluding hydrogens is 512 g/mol. The molecule has 1 unspecified atom stereocenters. The number of carbonyl (C=O) groups excluding carboxylic acids is 2. The summed E-state index contributed by atoms with van der Waals surface area (Å²) in [6.07, 6.45) is 1.86. The van der Waals surface area contributed by atoms with Gasteiger partial charge in [0.2, 0.25) is 0 Å². The molecule has 1 atom stereocenters. The van der Waals surface area contributed by atoms with Crippen molar-refractivity contribution in [3.63, 3.8) is 0 Å². The minimum atomic E-state index is -1.85. The summed E-state index contributed by atoms with van der Waals surface area (Å²) in [6.45, 7) is 4.83. The van der Waals surface area contributed by atoms with Crippen molar-refractivity contribution in [1.82, 2.24) is 9.97 Å². The lowest BCUT2D eigenvalue weighted by atomic mass is 10.2. The van der Waals surface area contributed by atoms with Gasteiger partial charge in [-0.25, -0.2) is 19.6 Å². The first kappa shape index (κ1) is 26.7. The van der Waals surface area contributed by atoms with Gasteiger partial charge in [-0.15, -0.1) is 0 Å². The number of nitrogens with zero attached hydrogens (tertiary/aromatic N) is 3. The van der Waals surface area contributed by atoms with Crippen LogP contribution < -0.4 is 15.0 Å². The predicted molar refractivity (Wildman–Crippen MR) is 131 cm³/mol. The lowest BCUT2D eigenvalue weighted by molar-refractivity contribution is -0.197. The summed E-state index contributed by atoms with van der Waals surface area (Å²) >= 11 is 1.63. The SMILES string of the molecule is CC(C)OC(C)(Oc1cccc(C(=O)Nc2ncc(C(=O)O)s2)c1)C(=O)N(C)c1ncc(C(=O)O)s1. The number of carbonyl (C=O) groups is 4. The van der Waals surface area contributed by atoms with Crippen LogP contribution in [0.15, 0.2) is 36.7 Å². The molecule has 3 aromatic rings. The van der Waals surface area contributed by atoms with Gasteiger partial charge in [-0.1, -0.05) is 28.7 Å². The zero-order valence-corrected chi connectivity index (χ0v) is 21.2. The highest BCUT2D eigenvalue weighted by atomic mass is 32.1. The van der Waals surface area contributed by atoms with E-state index in [1.165, 1.54) is 32.2 Å². The van der Waals surface area contributed by atoms with Crippen molar-refractivity contribution in [1.29, 1.82) is 0 Å². The summed E-state index contributed by atoms with van der Waals surface area (Å²) in [5, 5.41) is 20.9. The van der Waals surface area contributed by atoms with E-state index >= 15 is 0 Å². The number of anilines is 2. The molecule has 36 heavy (non-hydrogen) atoms. The molecule has 12 nitrogen and oxygen atoms in total. The molecule has 0 aliphatic rings. The van der Waals surface area contributed by atoms with Gasteiger partial charge in [-0.3, -0.25) is 19.8 Å². The average Bonchev–Trinajstić information content (AvgIpc) is 3.48. The van der Waals surface area contributed by atoms with Crippen LogP contribution in [0.3, 0.4) is 0 Å². The average molecular weight is 535 g/mol. The van der Waals surface area contributed by atoms with Crippen LogP contribution in [-0.4, -0.2) is 62.9 Å². The Labute approximate surface area is 213 Å². The van der Waals surface area contributed by atoms with Crippen molar-refractivity contribution >= 4 is 56.7 Å². The van der Waals surface area contributed by atoms with Crippen LogP contribution in [-0.2, 0) is 9.53 Å². The molecule has 1 aromatic carbocycles. The molecule has 3 rings (SSSR count). The first-order valence-corrected chi connectivity index (χ1v) is 12.0. The number of amides is 2. The second kappa shape index (κ2) is 10.8. The number of nitrogens with one attached hydrogen (secondary N) is 1. The number of hydrogen-bond acceptors (Lipinski definition) is 10. The Hall–Kier alpha value is -3.88. The minimum Gasteiger partial charge on any atom is -0.477 e. The molecule has 190 valence electrons.